The van der Waals surface area contributed by atoms with Crippen molar-refractivity contribution in [1.29, 1.82) is 0 Å². The van der Waals surface area contributed by atoms with E-state index in [0.29, 0.717) is 19.3 Å². The van der Waals surface area contributed by atoms with Gasteiger partial charge in [-0.25, -0.2) is 0 Å². The Kier molecular flexibility index (Phi) is 50.3. The van der Waals surface area contributed by atoms with E-state index in [4.69, 9.17) is 14.2 Å². The molecule has 0 fully saturated rings. The normalized spacial score (nSPS) is 12.2. The third-order valence-electron chi connectivity index (χ3n) is 12.1. The lowest BCUT2D eigenvalue weighted by Crippen LogP contribution is -2.30. The van der Waals surface area contributed by atoms with Crippen LogP contribution in [0, 0.1) is 0 Å². The fraction of sp³-hybridized carbons (Fsp3) is 0.842. The van der Waals surface area contributed by atoms with Gasteiger partial charge in [0.2, 0.25) is 0 Å². The maximum absolute atomic E-state index is 12.8. The summed E-state index contributed by atoms with van der Waals surface area (Å²) < 4.78 is 16.8. The fourth-order valence-corrected chi connectivity index (χ4v) is 7.94. The lowest BCUT2D eigenvalue weighted by molar-refractivity contribution is -0.167. The van der Waals surface area contributed by atoms with E-state index in [2.05, 4.69) is 57.2 Å². The number of unbranched alkanes of at least 4 members (excludes halogenated alkanes) is 33. The number of rotatable bonds is 50. The maximum atomic E-state index is 12.8. The maximum Gasteiger partial charge on any atom is 0.306 e. The van der Waals surface area contributed by atoms with Gasteiger partial charge >= 0.3 is 17.9 Å². The molecule has 6 nitrogen and oxygen atoms in total. The van der Waals surface area contributed by atoms with Gasteiger partial charge in [0.25, 0.3) is 0 Å². The Balaban J connectivity index is 4.36. The second-order valence-corrected chi connectivity index (χ2v) is 18.5. The molecule has 0 heterocycles. The molecule has 0 aliphatic carbocycles. The zero-order valence-electron chi connectivity index (χ0n) is 42.1. The molecule has 63 heavy (non-hydrogen) atoms. The number of ether oxygens (including phenoxy) is 3. The van der Waals surface area contributed by atoms with Crippen molar-refractivity contribution in [2.75, 3.05) is 13.2 Å². The highest BCUT2D eigenvalue weighted by atomic mass is 16.6. The molecule has 6 heteroatoms. The predicted molar refractivity (Wildman–Crippen MR) is 270 cm³/mol. The van der Waals surface area contributed by atoms with Gasteiger partial charge in [-0.05, 0) is 77.0 Å². The molecule has 1 unspecified atom stereocenters. The number of carbonyl (C=O) groups excluding carboxylic acids is 3. The molecule has 1 atom stereocenters. The molecule has 0 spiro atoms. The van der Waals surface area contributed by atoms with Gasteiger partial charge in [0, 0.05) is 19.3 Å². The van der Waals surface area contributed by atoms with Crippen molar-refractivity contribution in [2.45, 2.75) is 297 Å². The van der Waals surface area contributed by atoms with E-state index >= 15 is 0 Å². The van der Waals surface area contributed by atoms with E-state index < -0.39 is 6.10 Å². The van der Waals surface area contributed by atoms with E-state index in [1.54, 1.807) is 0 Å². The summed E-state index contributed by atoms with van der Waals surface area (Å²) in [5.41, 5.74) is 0. The molecular weight excluding hydrogens is 781 g/mol. The Labute approximate surface area is 391 Å². The molecule has 0 N–H and O–H groups in total. The van der Waals surface area contributed by atoms with Crippen LogP contribution in [0.25, 0.3) is 0 Å². The van der Waals surface area contributed by atoms with Crippen LogP contribution < -0.4 is 0 Å². The molecule has 0 aromatic rings. The number of carbonyl (C=O) groups is 3. The van der Waals surface area contributed by atoms with E-state index in [-0.39, 0.29) is 31.1 Å². The Morgan fingerprint density at radius 1 is 0.317 bits per heavy atom. The molecule has 0 saturated carbocycles. The van der Waals surface area contributed by atoms with Crippen LogP contribution in [0.4, 0.5) is 0 Å². The largest absolute Gasteiger partial charge is 0.462 e. The fourth-order valence-electron chi connectivity index (χ4n) is 7.94. The molecular formula is C57H104O6. The Morgan fingerprint density at radius 2 is 0.571 bits per heavy atom. The standard InChI is InChI=1S/C57H104O6/c1-4-7-10-13-16-19-22-25-28-29-30-33-35-38-41-44-47-50-56(59)62-53-54(63-57(60)51-48-45-42-39-36-32-27-24-21-18-15-12-9-6-3)52-61-55(58)49-46-43-40-37-34-31-26-23-20-17-14-11-8-5-2/h16,19,24-25,27-28,54H,4-15,17-18,20-23,26,29-53H2,1-3H3/b19-16-,27-24-,28-25-. The molecule has 368 valence electrons. The van der Waals surface area contributed by atoms with Gasteiger partial charge in [-0.1, -0.05) is 231 Å². The van der Waals surface area contributed by atoms with Crippen molar-refractivity contribution in [3.05, 3.63) is 36.5 Å². The van der Waals surface area contributed by atoms with Crippen LogP contribution in [0.3, 0.4) is 0 Å². The first-order valence-electron chi connectivity index (χ1n) is 27.5. The summed E-state index contributed by atoms with van der Waals surface area (Å²) in [6.45, 7) is 6.62. The number of hydrogen-bond donors (Lipinski definition) is 0. The lowest BCUT2D eigenvalue weighted by Gasteiger charge is -2.18. The molecule has 0 aliphatic heterocycles. The van der Waals surface area contributed by atoms with Crippen molar-refractivity contribution < 1.29 is 28.6 Å². The van der Waals surface area contributed by atoms with Crippen LogP contribution >= 0.6 is 0 Å². The van der Waals surface area contributed by atoms with Crippen LogP contribution in [0.15, 0.2) is 36.5 Å². The highest BCUT2D eigenvalue weighted by Gasteiger charge is 2.19. The summed E-state index contributed by atoms with van der Waals surface area (Å²) in [5.74, 6) is -0.878. The third kappa shape index (κ3) is 50.5. The molecule has 0 radical (unpaired) electrons. The SMILES string of the molecule is CCCCC/C=C\C/C=C\CCCCCCCCCC(=O)OCC(COC(=O)CCCCCCCCCCCCCCCC)OC(=O)CCCCCCC/C=C\CCCCCCC. The van der Waals surface area contributed by atoms with Gasteiger partial charge in [0.15, 0.2) is 6.10 Å². The molecule has 0 aromatic heterocycles. The van der Waals surface area contributed by atoms with Crippen molar-refractivity contribution >= 4 is 17.9 Å². The summed E-state index contributed by atoms with van der Waals surface area (Å²) >= 11 is 0. The van der Waals surface area contributed by atoms with Crippen molar-refractivity contribution in [3.63, 3.8) is 0 Å². The van der Waals surface area contributed by atoms with Crippen LogP contribution in [-0.4, -0.2) is 37.2 Å². The predicted octanol–water partition coefficient (Wildman–Crippen LogP) is 18.1. The number of allylic oxidation sites excluding steroid dienone is 6. The van der Waals surface area contributed by atoms with Gasteiger partial charge in [-0.3, -0.25) is 14.4 Å². The molecule has 0 amide bonds. The Morgan fingerprint density at radius 3 is 0.921 bits per heavy atom. The van der Waals surface area contributed by atoms with Crippen LogP contribution in [0.1, 0.15) is 290 Å². The molecule has 0 aliphatic rings. The molecule has 0 rings (SSSR count). The minimum atomic E-state index is -0.776. The molecule has 0 aromatic carbocycles. The average Bonchev–Trinajstić information content (AvgIpc) is 3.28. The van der Waals surface area contributed by atoms with E-state index in [1.807, 2.05) is 0 Å². The Hall–Kier alpha value is -2.37. The van der Waals surface area contributed by atoms with Crippen LogP contribution in [0.2, 0.25) is 0 Å². The Bertz CT molecular complexity index is 1060. The molecule has 0 saturated heterocycles. The lowest BCUT2D eigenvalue weighted by atomic mass is 10.0. The topological polar surface area (TPSA) is 78.9 Å². The van der Waals surface area contributed by atoms with Crippen molar-refractivity contribution in [2.24, 2.45) is 0 Å². The van der Waals surface area contributed by atoms with Gasteiger partial charge < -0.3 is 14.2 Å². The first-order valence-corrected chi connectivity index (χ1v) is 27.5. The van der Waals surface area contributed by atoms with Gasteiger partial charge in [-0.2, -0.15) is 0 Å². The summed E-state index contributed by atoms with van der Waals surface area (Å²) in [7, 11) is 0. The van der Waals surface area contributed by atoms with Crippen LogP contribution in [0.5, 0.6) is 0 Å². The minimum absolute atomic E-state index is 0.0747. The second kappa shape index (κ2) is 52.3. The van der Waals surface area contributed by atoms with Crippen molar-refractivity contribution in [1.82, 2.24) is 0 Å². The van der Waals surface area contributed by atoms with Gasteiger partial charge in [0.05, 0.1) is 0 Å². The summed E-state index contributed by atoms with van der Waals surface area (Å²) in [6.07, 6.45) is 61.2. The van der Waals surface area contributed by atoms with E-state index in [0.717, 1.165) is 77.0 Å². The van der Waals surface area contributed by atoms with E-state index in [9.17, 15) is 14.4 Å². The third-order valence-corrected chi connectivity index (χ3v) is 12.1. The molecule has 0 bridgehead atoms. The highest BCUT2D eigenvalue weighted by Crippen LogP contribution is 2.16. The second-order valence-electron chi connectivity index (χ2n) is 18.5. The van der Waals surface area contributed by atoms with Crippen LogP contribution in [-0.2, 0) is 28.6 Å². The summed E-state index contributed by atoms with van der Waals surface area (Å²) in [4.78, 5) is 38.0. The van der Waals surface area contributed by atoms with E-state index in [1.165, 1.54) is 173 Å². The number of hydrogen-bond acceptors (Lipinski definition) is 6. The summed E-state index contributed by atoms with van der Waals surface area (Å²) in [5, 5.41) is 0. The quantitative estimate of drug-likeness (QED) is 0.0262. The zero-order chi connectivity index (χ0) is 45.8. The van der Waals surface area contributed by atoms with Crippen molar-refractivity contribution in [3.8, 4) is 0 Å². The summed E-state index contributed by atoms with van der Waals surface area (Å²) in [6, 6.07) is 0. The van der Waals surface area contributed by atoms with Gasteiger partial charge in [-0.15, -0.1) is 0 Å². The first-order chi connectivity index (χ1) is 31.0. The highest BCUT2D eigenvalue weighted by molar-refractivity contribution is 5.71. The monoisotopic (exact) mass is 885 g/mol. The zero-order valence-corrected chi connectivity index (χ0v) is 42.1. The smallest absolute Gasteiger partial charge is 0.306 e. The minimum Gasteiger partial charge on any atom is -0.462 e. The van der Waals surface area contributed by atoms with Gasteiger partial charge in [0.1, 0.15) is 13.2 Å². The first kappa shape index (κ1) is 60.6. The number of esters is 3. The average molecular weight is 885 g/mol.